The number of hydrogen-bond donors (Lipinski definition) is 1. The van der Waals surface area contributed by atoms with Gasteiger partial charge in [-0.15, -0.1) is 0 Å². The zero-order valence-corrected chi connectivity index (χ0v) is 30.9. The average molecular weight is 750 g/mol. The van der Waals surface area contributed by atoms with Gasteiger partial charge in [-0.2, -0.15) is 5.26 Å². The number of nitrogens with zero attached hydrogens (tertiary/aromatic N) is 2. The van der Waals surface area contributed by atoms with Crippen LogP contribution >= 0.6 is 0 Å². The molecule has 57 heavy (non-hydrogen) atoms. The van der Waals surface area contributed by atoms with Crippen molar-refractivity contribution >= 4 is 0 Å². The lowest BCUT2D eigenvalue weighted by molar-refractivity contribution is -0.125. The third-order valence-electron chi connectivity index (χ3n) is 10.4. The fourth-order valence-electron chi connectivity index (χ4n) is 7.90. The topological polar surface area (TPSA) is 106 Å². The first-order valence-corrected chi connectivity index (χ1v) is 18.8. The van der Waals surface area contributed by atoms with Crippen molar-refractivity contribution in [3.05, 3.63) is 260 Å². The summed E-state index contributed by atoms with van der Waals surface area (Å²) in [4.78, 5) is 28.0. The summed E-state index contributed by atoms with van der Waals surface area (Å²) in [6.45, 7) is -0.0465. The van der Waals surface area contributed by atoms with Crippen LogP contribution in [0.1, 0.15) is 39.6 Å². The van der Waals surface area contributed by atoms with E-state index < -0.39 is 40.9 Å². The molecule has 7 aromatic rings. The summed E-state index contributed by atoms with van der Waals surface area (Å²) in [5, 5.41) is 10.3. The van der Waals surface area contributed by atoms with E-state index in [9.17, 15) is 14.9 Å². The maximum atomic E-state index is 13.5. The van der Waals surface area contributed by atoms with Gasteiger partial charge in [-0.05, 0) is 33.4 Å². The van der Waals surface area contributed by atoms with E-state index in [-0.39, 0.29) is 6.61 Å². The first-order chi connectivity index (χ1) is 28.0. The van der Waals surface area contributed by atoms with Gasteiger partial charge in [0.2, 0.25) is 0 Å². The van der Waals surface area contributed by atoms with Gasteiger partial charge < -0.3 is 14.2 Å². The van der Waals surface area contributed by atoms with Gasteiger partial charge >= 0.3 is 5.69 Å². The van der Waals surface area contributed by atoms with E-state index in [1.807, 2.05) is 182 Å². The summed E-state index contributed by atoms with van der Waals surface area (Å²) in [5.74, 6) is 0. The summed E-state index contributed by atoms with van der Waals surface area (Å²) in [5.41, 5.74) is 2.01. The maximum absolute atomic E-state index is 13.5. The predicted molar refractivity (Wildman–Crippen MR) is 218 cm³/mol. The van der Waals surface area contributed by atoms with Gasteiger partial charge in [0.15, 0.2) is 6.23 Å². The Labute approximate surface area is 330 Å². The zero-order valence-electron chi connectivity index (χ0n) is 30.9. The molecule has 2 heterocycles. The Kier molecular flexibility index (Phi) is 10.7. The molecule has 8 rings (SSSR count). The van der Waals surface area contributed by atoms with Crippen LogP contribution in [0.2, 0.25) is 0 Å². The Morgan fingerprint density at radius 1 is 0.596 bits per heavy atom. The number of aromatic nitrogens is 2. The molecule has 0 saturated carbocycles. The van der Waals surface area contributed by atoms with Crippen LogP contribution in [0.5, 0.6) is 0 Å². The third kappa shape index (κ3) is 7.08. The molecule has 0 unspecified atom stereocenters. The molecule has 1 aliphatic heterocycles. The van der Waals surface area contributed by atoms with Crippen molar-refractivity contribution < 1.29 is 14.2 Å². The molecule has 0 radical (unpaired) electrons. The molecule has 1 aromatic heterocycles. The minimum Gasteiger partial charge on any atom is -0.358 e. The SMILES string of the molecule is N#C/C=C1\[C@H](n2ccc(=O)[nH]c2=O)O[C@H](COC(c2ccccc2)(c2ccccc2)c2ccccc2)[C@H]1OC(c1ccccc1)(c1ccccc1)c1ccccc1. The number of nitriles is 1. The van der Waals surface area contributed by atoms with E-state index in [0.717, 1.165) is 33.4 Å². The molecule has 280 valence electrons. The van der Waals surface area contributed by atoms with Crippen molar-refractivity contribution in [1.29, 1.82) is 5.26 Å². The summed E-state index contributed by atoms with van der Waals surface area (Å²) in [7, 11) is 0. The number of hydrogen-bond acceptors (Lipinski definition) is 6. The second-order valence-electron chi connectivity index (χ2n) is 13.7. The number of benzene rings is 6. The number of H-pyrrole nitrogens is 1. The molecule has 8 nitrogen and oxygen atoms in total. The molecular formula is C49H39N3O5. The number of ether oxygens (including phenoxy) is 3. The van der Waals surface area contributed by atoms with Gasteiger partial charge in [0.25, 0.3) is 5.56 Å². The van der Waals surface area contributed by atoms with Gasteiger partial charge in [0.05, 0.1) is 12.7 Å². The Hall–Kier alpha value is -6.89. The van der Waals surface area contributed by atoms with Crippen molar-refractivity contribution in [3.63, 3.8) is 0 Å². The maximum Gasteiger partial charge on any atom is 0.330 e. The molecule has 0 spiro atoms. The van der Waals surface area contributed by atoms with E-state index in [1.54, 1.807) is 0 Å². The Morgan fingerprint density at radius 2 is 0.982 bits per heavy atom. The molecule has 1 N–H and O–H groups in total. The lowest BCUT2D eigenvalue weighted by Gasteiger charge is -2.40. The van der Waals surface area contributed by atoms with Crippen molar-refractivity contribution in [2.45, 2.75) is 29.6 Å². The highest BCUT2D eigenvalue weighted by atomic mass is 16.6. The molecule has 0 aliphatic carbocycles. The van der Waals surface area contributed by atoms with Crippen LogP contribution in [0.25, 0.3) is 0 Å². The highest BCUT2D eigenvalue weighted by Gasteiger charge is 2.50. The molecule has 8 heteroatoms. The highest BCUT2D eigenvalue weighted by molar-refractivity contribution is 5.49. The minimum absolute atomic E-state index is 0.0465. The predicted octanol–water partition coefficient (Wildman–Crippen LogP) is 8.27. The van der Waals surface area contributed by atoms with Crippen LogP contribution in [0.15, 0.2) is 215 Å². The summed E-state index contributed by atoms with van der Waals surface area (Å²) in [6, 6.07) is 63.3. The fraction of sp³-hybridized carbons (Fsp3) is 0.122. The monoisotopic (exact) mass is 749 g/mol. The third-order valence-corrected chi connectivity index (χ3v) is 10.4. The summed E-state index contributed by atoms with van der Waals surface area (Å²) >= 11 is 0. The standard InChI is InChI=1S/C49H39N3O5/c50-33-31-42-45(57-49(39-25-13-4-14-26-39,40-27-15-5-16-28-40)41-29-17-6-18-30-41)43(56-46(42)52-34-32-44(53)51-47(52)54)35-55-48(36-19-7-1-8-20-36,37-21-9-2-10-22-37)38-23-11-3-12-24-38/h1-32,34,43,45-46H,35H2,(H,51,53,54)/b42-31-/t43-,45+,46-/m1/s1. The molecule has 1 fully saturated rings. The van der Waals surface area contributed by atoms with Gasteiger partial charge in [-0.25, -0.2) is 4.79 Å². The van der Waals surface area contributed by atoms with Crippen LogP contribution in [0, 0.1) is 11.3 Å². The van der Waals surface area contributed by atoms with Crippen LogP contribution in [0.4, 0.5) is 0 Å². The molecule has 6 aromatic carbocycles. The van der Waals surface area contributed by atoms with E-state index in [2.05, 4.69) is 11.1 Å². The lowest BCUT2D eigenvalue weighted by Crippen LogP contribution is -2.43. The Balaban J connectivity index is 1.34. The Bertz CT molecular complexity index is 2400. The van der Waals surface area contributed by atoms with E-state index in [0.29, 0.717) is 5.57 Å². The fourth-order valence-corrected chi connectivity index (χ4v) is 7.90. The lowest BCUT2D eigenvalue weighted by atomic mass is 9.79. The average Bonchev–Trinajstić information content (AvgIpc) is 3.60. The summed E-state index contributed by atoms with van der Waals surface area (Å²) < 4.78 is 23.1. The second kappa shape index (κ2) is 16.5. The minimum atomic E-state index is -1.23. The summed E-state index contributed by atoms with van der Waals surface area (Å²) in [6.07, 6.45) is -0.226. The normalized spacial score (nSPS) is 17.6. The van der Waals surface area contributed by atoms with Crippen molar-refractivity contribution in [1.82, 2.24) is 9.55 Å². The molecule has 3 atom stereocenters. The zero-order chi connectivity index (χ0) is 39.1. The quantitative estimate of drug-likeness (QED) is 0.0996. The van der Waals surface area contributed by atoms with Crippen LogP contribution < -0.4 is 11.2 Å². The van der Waals surface area contributed by atoms with Crippen LogP contribution in [0.3, 0.4) is 0 Å². The van der Waals surface area contributed by atoms with Crippen LogP contribution in [-0.2, 0) is 25.4 Å². The number of aromatic amines is 1. The largest absolute Gasteiger partial charge is 0.358 e. The molecule has 0 amide bonds. The highest BCUT2D eigenvalue weighted by Crippen LogP contribution is 2.48. The number of nitrogens with one attached hydrogen (secondary N) is 1. The van der Waals surface area contributed by atoms with Crippen molar-refractivity contribution in [2.24, 2.45) is 0 Å². The van der Waals surface area contributed by atoms with Gasteiger partial charge in [-0.1, -0.05) is 182 Å². The van der Waals surface area contributed by atoms with E-state index in [4.69, 9.17) is 14.2 Å². The molecule has 0 bridgehead atoms. The van der Waals surface area contributed by atoms with Gasteiger partial charge in [0, 0.05) is 23.9 Å². The van der Waals surface area contributed by atoms with Crippen LogP contribution in [-0.4, -0.2) is 28.4 Å². The first kappa shape index (κ1) is 37.1. The Morgan fingerprint density at radius 3 is 1.35 bits per heavy atom. The smallest absolute Gasteiger partial charge is 0.330 e. The number of rotatable bonds is 12. The molecular weight excluding hydrogens is 711 g/mol. The van der Waals surface area contributed by atoms with Gasteiger partial charge in [0.1, 0.15) is 23.4 Å². The first-order valence-electron chi connectivity index (χ1n) is 18.8. The van der Waals surface area contributed by atoms with Crippen molar-refractivity contribution in [2.75, 3.05) is 6.61 Å². The van der Waals surface area contributed by atoms with E-state index in [1.165, 1.54) is 22.9 Å². The van der Waals surface area contributed by atoms with E-state index >= 15 is 0 Å². The molecule has 1 saturated heterocycles. The molecule has 1 aliphatic rings. The van der Waals surface area contributed by atoms with Gasteiger partial charge in [-0.3, -0.25) is 14.3 Å². The number of allylic oxidation sites excluding steroid dienone is 1. The second-order valence-corrected chi connectivity index (χ2v) is 13.7. The van der Waals surface area contributed by atoms with Crippen molar-refractivity contribution in [3.8, 4) is 6.07 Å².